The molecular formula is C29H22ClFN4O4. The number of ether oxygens (including phenoxy) is 1. The van der Waals surface area contributed by atoms with Crippen LogP contribution in [0.15, 0.2) is 78.0 Å². The van der Waals surface area contributed by atoms with E-state index in [0.29, 0.717) is 27.3 Å². The Hall–Kier alpha value is -4.81. The lowest BCUT2D eigenvalue weighted by Gasteiger charge is -2.21. The van der Waals surface area contributed by atoms with Crippen molar-refractivity contribution in [3.63, 3.8) is 0 Å². The predicted octanol–water partition coefficient (Wildman–Crippen LogP) is 4.28. The van der Waals surface area contributed by atoms with Gasteiger partial charge in [-0.2, -0.15) is 5.26 Å². The fourth-order valence-electron chi connectivity index (χ4n) is 4.28. The van der Waals surface area contributed by atoms with Gasteiger partial charge < -0.3 is 15.0 Å². The van der Waals surface area contributed by atoms with Crippen LogP contribution in [0.3, 0.4) is 0 Å². The van der Waals surface area contributed by atoms with Crippen molar-refractivity contribution in [3.8, 4) is 22.9 Å². The summed E-state index contributed by atoms with van der Waals surface area (Å²) >= 11 is 6.15. The van der Waals surface area contributed by atoms with Crippen molar-refractivity contribution in [2.24, 2.45) is 5.73 Å². The number of rotatable bonds is 9. The Morgan fingerprint density at radius 3 is 2.49 bits per heavy atom. The van der Waals surface area contributed by atoms with Crippen molar-refractivity contribution in [3.05, 3.63) is 117 Å². The fourth-order valence-corrected chi connectivity index (χ4v) is 4.45. The summed E-state index contributed by atoms with van der Waals surface area (Å²) in [5.74, 6) is -1.89. The van der Waals surface area contributed by atoms with Crippen LogP contribution in [-0.2, 0) is 17.6 Å². The summed E-state index contributed by atoms with van der Waals surface area (Å²) in [4.78, 5) is 42.4. The second kappa shape index (κ2) is 11.7. The Bertz CT molecular complexity index is 1660. The van der Waals surface area contributed by atoms with Crippen LogP contribution >= 0.6 is 11.6 Å². The number of ketones is 1. The number of Topliss-reactive ketones (excluding diaryl/α,β-unsaturated/α-hetero) is 1. The Morgan fingerprint density at radius 1 is 1.10 bits per heavy atom. The van der Waals surface area contributed by atoms with Crippen LogP contribution in [0.4, 0.5) is 4.39 Å². The van der Waals surface area contributed by atoms with Crippen molar-refractivity contribution < 1.29 is 18.7 Å². The summed E-state index contributed by atoms with van der Waals surface area (Å²) < 4.78 is 21.2. The SMILES string of the molecule is COc1cn(C(Cc2ccncc2)C(=O)Cc2ccc(C(N)=O)c(F)c2)c(=O)cc1-c1cc(Cl)ccc1C#N. The van der Waals surface area contributed by atoms with Gasteiger partial charge in [-0.15, -0.1) is 0 Å². The maximum absolute atomic E-state index is 14.4. The highest BCUT2D eigenvalue weighted by atomic mass is 35.5. The molecule has 4 rings (SSSR count). The number of hydrogen-bond acceptors (Lipinski definition) is 6. The van der Waals surface area contributed by atoms with E-state index in [2.05, 4.69) is 11.1 Å². The van der Waals surface area contributed by atoms with Crippen molar-refractivity contribution in [1.82, 2.24) is 9.55 Å². The van der Waals surface area contributed by atoms with Gasteiger partial charge in [0.2, 0.25) is 0 Å². The first kappa shape index (κ1) is 27.2. The lowest BCUT2D eigenvalue weighted by molar-refractivity contribution is -0.121. The first-order valence-electron chi connectivity index (χ1n) is 11.7. The van der Waals surface area contributed by atoms with Gasteiger partial charge in [0.15, 0.2) is 5.78 Å². The number of methoxy groups -OCH3 is 1. The maximum atomic E-state index is 14.4. The molecule has 0 saturated carbocycles. The number of nitrogens with zero attached hydrogens (tertiary/aromatic N) is 3. The molecule has 0 saturated heterocycles. The maximum Gasteiger partial charge on any atom is 0.252 e. The average molecular weight is 545 g/mol. The molecule has 8 nitrogen and oxygen atoms in total. The molecule has 0 aliphatic carbocycles. The topological polar surface area (TPSA) is 128 Å². The van der Waals surface area contributed by atoms with E-state index < -0.39 is 23.3 Å². The molecule has 1 unspecified atom stereocenters. The molecule has 2 aromatic heterocycles. The van der Waals surface area contributed by atoms with Crippen LogP contribution < -0.4 is 16.0 Å². The molecule has 0 radical (unpaired) electrons. The second-order valence-electron chi connectivity index (χ2n) is 8.70. The van der Waals surface area contributed by atoms with Gasteiger partial charge in [0.05, 0.1) is 36.5 Å². The van der Waals surface area contributed by atoms with Gasteiger partial charge in [0, 0.05) is 47.5 Å². The third-order valence-electron chi connectivity index (χ3n) is 6.22. The molecule has 2 aromatic carbocycles. The highest BCUT2D eigenvalue weighted by Gasteiger charge is 2.25. The normalized spacial score (nSPS) is 11.4. The molecule has 4 aromatic rings. The minimum Gasteiger partial charge on any atom is -0.495 e. The molecule has 2 N–H and O–H groups in total. The lowest BCUT2D eigenvalue weighted by Crippen LogP contribution is -2.32. The summed E-state index contributed by atoms with van der Waals surface area (Å²) in [6, 6.07) is 14.3. The van der Waals surface area contributed by atoms with Crippen LogP contribution in [-0.4, -0.2) is 28.4 Å². The number of hydrogen-bond donors (Lipinski definition) is 1. The summed E-state index contributed by atoms with van der Waals surface area (Å²) in [6.07, 6.45) is 4.50. The molecule has 0 spiro atoms. The van der Waals surface area contributed by atoms with Crippen LogP contribution in [0, 0.1) is 17.1 Å². The Kier molecular flexibility index (Phi) is 8.18. The molecule has 1 amide bonds. The Balaban J connectivity index is 1.79. The molecule has 2 heterocycles. The smallest absolute Gasteiger partial charge is 0.252 e. The van der Waals surface area contributed by atoms with Gasteiger partial charge in [0.1, 0.15) is 11.6 Å². The largest absolute Gasteiger partial charge is 0.495 e. The molecule has 0 aliphatic rings. The molecule has 10 heteroatoms. The van der Waals surface area contributed by atoms with Crippen molar-refractivity contribution in [1.29, 1.82) is 5.26 Å². The van der Waals surface area contributed by atoms with E-state index in [0.717, 1.165) is 11.6 Å². The van der Waals surface area contributed by atoms with Crippen molar-refractivity contribution in [2.75, 3.05) is 7.11 Å². The number of pyridine rings is 2. The number of benzene rings is 2. The summed E-state index contributed by atoms with van der Waals surface area (Å²) in [6.45, 7) is 0. The van der Waals surface area contributed by atoms with E-state index in [9.17, 15) is 24.0 Å². The number of carbonyl (C=O) groups excluding carboxylic acids is 2. The third-order valence-corrected chi connectivity index (χ3v) is 6.45. The van der Waals surface area contributed by atoms with Gasteiger partial charge in [-0.1, -0.05) is 17.7 Å². The number of amides is 1. The highest BCUT2D eigenvalue weighted by molar-refractivity contribution is 6.31. The molecule has 0 aliphatic heterocycles. The third kappa shape index (κ3) is 6.03. The minimum atomic E-state index is -0.989. The zero-order chi connectivity index (χ0) is 28.1. The van der Waals surface area contributed by atoms with Gasteiger partial charge in [0.25, 0.3) is 11.5 Å². The molecule has 0 fully saturated rings. The van der Waals surface area contributed by atoms with E-state index in [1.807, 2.05) is 0 Å². The number of halogens is 2. The number of carbonyl (C=O) groups is 2. The highest BCUT2D eigenvalue weighted by Crippen LogP contribution is 2.33. The molecular weight excluding hydrogens is 523 g/mol. The molecule has 196 valence electrons. The fraction of sp³-hybridized carbons (Fsp3) is 0.138. The van der Waals surface area contributed by atoms with Crippen molar-refractivity contribution in [2.45, 2.75) is 18.9 Å². The molecule has 1 atom stereocenters. The first-order valence-corrected chi connectivity index (χ1v) is 12.1. The van der Waals surface area contributed by atoms with E-state index in [1.54, 1.807) is 42.7 Å². The Morgan fingerprint density at radius 2 is 1.85 bits per heavy atom. The van der Waals surface area contributed by atoms with Gasteiger partial charge in [-0.3, -0.25) is 19.4 Å². The van der Waals surface area contributed by atoms with Crippen LogP contribution in [0.1, 0.15) is 33.1 Å². The van der Waals surface area contributed by atoms with E-state index in [-0.39, 0.29) is 29.9 Å². The Labute approximate surface area is 228 Å². The summed E-state index contributed by atoms with van der Waals surface area (Å²) in [7, 11) is 1.41. The number of aromatic nitrogens is 2. The van der Waals surface area contributed by atoms with Crippen LogP contribution in [0.25, 0.3) is 11.1 Å². The van der Waals surface area contributed by atoms with Crippen LogP contribution in [0.2, 0.25) is 5.02 Å². The minimum absolute atomic E-state index is 0.145. The van der Waals surface area contributed by atoms with Gasteiger partial charge >= 0.3 is 0 Å². The van der Waals surface area contributed by atoms with Gasteiger partial charge in [-0.25, -0.2) is 4.39 Å². The monoisotopic (exact) mass is 544 g/mol. The van der Waals surface area contributed by atoms with E-state index in [1.165, 1.54) is 36.1 Å². The zero-order valence-corrected chi connectivity index (χ0v) is 21.5. The van der Waals surface area contributed by atoms with Gasteiger partial charge in [-0.05, 0) is 53.6 Å². The number of primary amides is 1. The first-order chi connectivity index (χ1) is 18.7. The second-order valence-corrected chi connectivity index (χ2v) is 9.14. The average Bonchev–Trinajstić information content (AvgIpc) is 2.92. The predicted molar refractivity (Wildman–Crippen MR) is 143 cm³/mol. The quantitative estimate of drug-likeness (QED) is 0.335. The van der Waals surface area contributed by atoms with E-state index in [4.69, 9.17) is 22.1 Å². The molecule has 0 bridgehead atoms. The lowest BCUT2D eigenvalue weighted by atomic mass is 9.96. The number of nitrogens with two attached hydrogens (primary N) is 1. The zero-order valence-electron chi connectivity index (χ0n) is 20.7. The number of nitriles is 1. The molecule has 39 heavy (non-hydrogen) atoms. The van der Waals surface area contributed by atoms with Crippen molar-refractivity contribution >= 4 is 23.3 Å². The summed E-state index contributed by atoms with van der Waals surface area (Å²) in [5, 5.41) is 9.94. The van der Waals surface area contributed by atoms with Crippen LogP contribution in [0.5, 0.6) is 5.75 Å². The standard InChI is InChI=1S/C29H22ClFN4O4/c1-39-27-16-35(28(37)14-23(27)22-13-20(30)4-3-19(22)15-32)25(11-17-6-8-34-9-7-17)26(36)12-18-2-5-21(29(33)38)24(31)10-18/h2-10,13-14,16,25H,11-12H2,1H3,(H2,33,38). The summed E-state index contributed by atoms with van der Waals surface area (Å²) in [5.41, 5.74) is 6.48. The van der Waals surface area contributed by atoms with E-state index >= 15 is 0 Å².